The minimum absolute atomic E-state index is 0.192. The average Bonchev–Trinajstić information content (AvgIpc) is 2.00. The molecule has 0 saturated carbocycles. The molecule has 3 nitrogen and oxygen atoms in total. The second-order valence-electron chi connectivity index (χ2n) is 2.50. The Balaban J connectivity index is 3.41. The van der Waals surface area contributed by atoms with Crippen molar-refractivity contribution in [3.05, 3.63) is 0 Å². The first-order chi connectivity index (χ1) is 5.95. The Morgan fingerprint density at radius 2 is 2.00 bits per heavy atom. The van der Waals surface area contributed by atoms with Gasteiger partial charge in [-0.15, -0.1) is 0 Å². The number of hydrogen-bond donors (Lipinski definition) is 1. The first-order valence-electron chi connectivity index (χ1n) is 3.82. The van der Waals surface area contributed by atoms with Gasteiger partial charge in [0, 0.05) is 13.0 Å². The van der Waals surface area contributed by atoms with Crippen LogP contribution in [0.15, 0.2) is 0 Å². The number of carbonyl (C=O) groups excluding carboxylic acids is 1. The van der Waals surface area contributed by atoms with Crippen LogP contribution in [0.25, 0.3) is 0 Å². The molecule has 0 heterocycles. The monoisotopic (exact) mass is 199 g/mol. The van der Waals surface area contributed by atoms with Gasteiger partial charge in [0.25, 0.3) is 0 Å². The average molecular weight is 199 g/mol. The lowest BCUT2D eigenvalue weighted by Crippen LogP contribution is -2.17. The van der Waals surface area contributed by atoms with Gasteiger partial charge in [-0.3, -0.25) is 4.79 Å². The number of nitrogens with two attached hydrogens (primary N) is 1. The molecule has 0 aliphatic heterocycles. The van der Waals surface area contributed by atoms with E-state index in [1.807, 2.05) is 0 Å². The van der Waals surface area contributed by atoms with Crippen molar-refractivity contribution in [1.82, 2.24) is 0 Å². The summed E-state index contributed by atoms with van der Waals surface area (Å²) in [7, 11) is 0. The summed E-state index contributed by atoms with van der Waals surface area (Å²) in [5.74, 6) is -0.550. The highest BCUT2D eigenvalue weighted by Crippen LogP contribution is 2.21. The molecule has 0 spiro atoms. The van der Waals surface area contributed by atoms with Crippen molar-refractivity contribution in [2.75, 3.05) is 19.8 Å². The fraction of sp³-hybridized carbons (Fsp3) is 0.857. The Hall–Kier alpha value is -0.620. The zero-order valence-electron chi connectivity index (χ0n) is 7.06. The summed E-state index contributed by atoms with van der Waals surface area (Å²) >= 11 is 0. The minimum Gasteiger partial charge on any atom is -0.372 e. The zero-order valence-corrected chi connectivity index (χ0v) is 7.06. The first kappa shape index (κ1) is 12.4. The second kappa shape index (κ2) is 5.93. The number of carbonyl (C=O) groups is 1. The summed E-state index contributed by atoms with van der Waals surface area (Å²) in [6.07, 6.45) is -5.88. The molecule has 0 amide bonds. The third-order valence-electron chi connectivity index (χ3n) is 1.21. The van der Waals surface area contributed by atoms with E-state index in [1.165, 1.54) is 0 Å². The van der Waals surface area contributed by atoms with Gasteiger partial charge in [0.15, 0.2) is 5.78 Å². The Kier molecular flexibility index (Phi) is 5.65. The molecular formula is C7H12F3NO2. The lowest BCUT2D eigenvalue weighted by molar-refractivity contribution is -0.144. The second-order valence-corrected chi connectivity index (χ2v) is 2.50. The summed E-state index contributed by atoms with van der Waals surface area (Å²) in [5.41, 5.74) is 5.04. The number of hydrogen-bond acceptors (Lipinski definition) is 3. The van der Waals surface area contributed by atoms with Crippen LogP contribution in [-0.2, 0) is 9.53 Å². The lowest BCUT2D eigenvalue weighted by atomic mass is 10.2. The van der Waals surface area contributed by atoms with E-state index in [9.17, 15) is 18.0 Å². The third kappa shape index (κ3) is 9.29. The predicted octanol–water partition coefficient (Wildman–Crippen LogP) is 0.873. The van der Waals surface area contributed by atoms with Crippen LogP contribution >= 0.6 is 0 Å². The van der Waals surface area contributed by atoms with E-state index in [0.29, 0.717) is 0 Å². The van der Waals surface area contributed by atoms with Crippen LogP contribution in [0.1, 0.15) is 12.8 Å². The Morgan fingerprint density at radius 1 is 1.38 bits per heavy atom. The van der Waals surface area contributed by atoms with Crippen molar-refractivity contribution in [3.63, 3.8) is 0 Å². The molecule has 0 aromatic carbocycles. The van der Waals surface area contributed by atoms with E-state index >= 15 is 0 Å². The zero-order chi connectivity index (χ0) is 10.3. The molecule has 0 saturated heterocycles. The van der Waals surface area contributed by atoms with E-state index in [2.05, 4.69) is 4.74 Å². The van der Waals surface area contributed by atoms with Crippen molar-refractivity contribution in [1.29, 1.82) is 0 Å². The van der Waals surface area contributed by atoms with E-state index in [1.54, 1.807) is 0 Å². The highest BCUT2D eigenvalue weighted by atomic mass is 19.4. The van der Waals surface area contributed by atoms with Crippen LogP contribution in [0.2, 0.25) is 0 Å². The minimum atomic E-state index is -4.27. The number of halogens is 3. The van der Waals surface area contributed by atoms with Gasteiger partial charge < -0.3 is 10.5 Å². The highest BCUT2D eigenvalue weighted by molar-refractivity contribution is 5.79. The molecule has 13 heavy (non-hydrogen) atoms. The molecule has 0 aromatic heterocycles. The Labute approximate surface area is 74.0 Å². The molecule has 0 bridgehead atoms. The van der Waals surface area contributed by atoms with Gasteiger partial charge in [-0.25, -0.2) is 0 Å². The quantitative estimate of drug-likeness (QED) is 0.646. The van der Waals surface area contributed by atoms with Gasteiger partial charge in [-0.05, 0) is 0 Å². The summed E-state index contributed by atoms with van der Waals surface area (Å²) in [5, 5.41) is 0. The maximum Gasteiger partial charge on any atom is 0.389 e. The fourth-order valence-electron chi connectivity index (χ4n) is 0.623. The molecular weight excluding hydrogens is 187 g/mol. The van der Waals surface area contributed by atoms with E-state index in [-0.39, 0.29) is 19.8 Å². The molecule has 0 fully saturated rings. The van der Waals surface area contributed by atoms with Gasteiger partial charge in [0.1, 0.15) is 6.61 Å². The Bertz CT molecular complexity index is 158. The smallest absolute Gasteiger partial charge is 0.372 e. The van der Waals surface area contributed by atoms with Crippen molar-refractivity contribution >= 4 is 5.78 Å². The molecule has 6 heteroatoms. The molecule has 78 valence electrons. The summed E-state index contributed by atoms with van der Waals surface area (Å²) < 4.78 is 39.4. The number of ether oxygens (including phenoxy) is 1. The van der Waals surface area contributed by atoms with Crippen molar-refractivity contribution in [2.45, 2.75) is 19.0 Å². The topological polar surface area (TPSA) is 52.3 Å². The van der Waals surface area contributed by atoms with Gasteiger partial charge >= 0.3 is 6.18 Å². The van der Waals surface area contributed by atoms with Crippen LogP contribution < -0.4 is 5.73 Å². The SMILES string of the molecule is NCCOCC(=O)CCC(F)(F)F. The molecule has 0 radical (unpaired) electrons. The van der Waals surface area contributed by atoms with Crippen LogP contribution in [-0.4, -0.2) is 31.7 Å². The maximum absolute atomic E-state index is 11.6. The molecule has 2 N–H and O–H groups in total. The van der Waals surface area contributed by atoms with E-state index in [4.69, 9.17) is 5.73 Å². The van der Waals surface area contributed by atoms with Crippen molar-refractivity contribution < 1.29 is 22.7 Å². The number of Topliss-reactive ketones (excluding diaryl/α,β-unsaturated/α-hetero) is 1. The van der Waals surface area contributed by atoms with Crippen LogP contribution in [0, 0.1) is 0 Å². The molecule has 0 aliphatic carbocycles. The highest BCUT2D eigenvalue weighted by Gasteiger charge is 2.27. The van der Waals surface area contributed by atoms with Gasteiger partial charge in [-0.1, -0.05) is 0 Å². The molecule has 0 aliphatic rings. The van der Waals surface area contributed by atoms with Crippen LogP contribution in [0.5, 0.6) is 0 Å². The maximum atomic E-state index is 11.6. The summed E-state index contributed by atoms with van der Waals surface area (Å²) in [6.45, 7) is 0.164. The van der Waals surface area contributed by atoms with Crippen LogP contribution in [0.3, 0.4) is 0 Å². The van der Waals surface area contributed by atoms with Gasteiger partial charge in [0.2, 0.25) is 0 Å². The number of rotatable bonds is 6. The first-order valence-corrected chi connectivity index (χ1v) is 3.82. The number of alkyl halides is 3. The largest absolute Gasteiger partial charge is 0.389 e. The van der Waals surface area contributed by atoms with Gasteiger partial charge in [0.05, 0.1) is 13.0 Å². The summed E-state index contributed by atoms with van der Waals surface area (Å²) in [6, 6.07) is 0. The van der Waals surface area contributed by atoms with Crippen LogP contribution in [0.4, 0.5) is 13.2 Å². The molecule has 0 atom stereocenters. The van der Waals surface area contributed by atoms with Crippen molar-refractivity contribution in [2.24, 2.45) is 5.73 Å². The normalized spacial score (nSPS) is 11.7. The van der Waals surface area contributed by atoms with Crippen molar-refractivity contribution in [3.8, 4) is 0 Å². The summed E-state index contributed by atoms with van der Waals surface area (Å²) in [4.78, 5) is 10.7. The lowest BCUT2D eigenvalue weighted by Gasteiger charge is -2.05. The number of ketones is 1. The van der Waals surface area contributed by atoms with Gasteiger partial charge in [-0.2, -0.15) is 13.2 Å². The Morgan fingerprint density at radius 3 is 2.46 bits per heavy atom. The van der Waals surface area contributed by atoms with E-state index in [0.717, 1.165) is 0 Å². The molecule has 0 aromatic rings. The third-order valence-corrected chi connectivity index (χ3v) is 1.21. The standard InChI is InChI=1S/C7H12F3NO2/c8-7(9,10)2-1-6(12)5-13-4-3-11/h1-5,11H2. The fourth-order valence-corrected chi connectivity index (χ4v) is 0.623. The molecule has 0 rings (SSSR count). The predicted molar refractivity (Wildman–Crippen MR) is 40.2 cm³/mol. The van der Waals surface area contributed by atoms with E-state index < -0.39 is 24.8 Å². The molecule has 0 unspecified atom stereocenters.